The van der Waals surface area contributed by atoms with E-state index in [1.807, 2.05) is 48.8 Å². The van der Waals surface area contributed by atoms with Crippen molar-refractivity contribution in [2.24, 2.45) is 9.98 Å². The van der Waals surface area contributed by atoms with Crippen molar-refractivity contribution < 1.29 is 0 Å². The van der Waals surface area contributed by atoms with Crippen LogP contribution in [-0.2, 0) is 0 Å². The van der Waals surface area contributed by atoms with Crippen molar-refractivity contribution in [1.29, 1.82) is 0 Å². The van der Waals surface area contributed by atoms with Crippen LogP contribution in [0.1, 0.15) is 149 Å². The average Bonchev–Trinajstić information content (AvgIpc) is 3.09. The zero-order chi connectivity index (χ0) is 35.2. The molecule has 4 heteroatoms. The van der Waals surface area contributed by atoms with Crippen molar-refractivity contribution in [3.63, 3.8) is 0 Å². The van der Waals surface area contributed by atoms with Crippen molar-refractivity contribution in [1.82, 2.24) is 9.97 Å². The molecule has 0 aliphatic rings. The normalized spacial score (nSPS) is 13.2. The van der Waals surface area contributed by atoms with E-state index in [1.54, 1.807) is 0 Å². The Labute approximate surface area is 294 Å². The van der Waals surface area contributed by atoms with Crippen LogP contribution in [0.4, 0.5) is 11.4 Å². The molecular formula is C45H52N4. The van der Waals surface area contributed by atoms with E-state index >= 15 is 0 Å². The Morgan fingerprint density at radius 3 is 1.10 bits per heavy atom. The van der Waals surface area contributed by atoms with Gasteiger partial charge in [0.15, 0.2) is 0 Å². The Hall–Kier alpha value is -4.70. The van der Waals surface area contributed by atoms with Crippen LogP contribution in [0.3, 0.4) is 0 Å². The lowest BCUT2D eigenvalue weighted by Crippen LogP contribution is -2.10. The number of hydrogen-bond donors (Lipinski definition) is 0. The summed E-state index contributed by atoms with van der Waals surface area (Å²) in [6, 6.07) is 32.6. The molecule has 3 aromatic carbocycles. The number of hydrogen-bond acceptors (Lipinski definition) is 4. The molecule has 0 unspecified atom stereocenters. The maximum atomic E-state index is 5.29. The standard InChI is InChI=1S/C45H52N4/c1-28(2)37-24-35(25-38(29(3)4)44(37)48-32(9)41-20-14-16-22-46-41)43(34-18-12-11-13-19-34)36-26-39(30(5)6)45(40(27-36)31(7)8)49-33(10)42-21-15-17-23-47-42/h11-31,43H,1-10H3. The van der Waals surface area contributed by atoms with Crippen molar-refractivity contribution in [2.45, 2.75) is 98.8 Å². The van der Waals surface area contributed by atoms with Gasteiger partial charge in [0.2, 0.25) is 0 Å². The van der Waals surface area contributed by atoms with E-state index in [4.69, 9.17) is 9.98 Å². The lowest BCUT2D eigenvalue weighted by atomic mass is 9.78. The zero-order valence-corrected chi connectivity index (χ0v) is 31.0. The van der Waals surface area contributed by atoms with Crippen molar-refractivity contribution in [3.8, 4) is 0 Å². The van der Waals surface area contributed by atoms with E-state index in [9.17, 15) is 0 Å². The van der Waals surface area contributed by atoms with E-state index in [0.717, 1.165) is 34.2 Å². The van der Waals surface area contributed by atoms with E-state index in [0.29, 0.717) is 0 Å². The van der Waals surface area contributed by atoms with Gasteiger partial charge in [-0.25, -0.2) is 0 Å². The monoisotopic (exact) mass is 648 g/mol. The fraction of sp³-hybridized carbons (Fsp3) is 0.333. The van der Waals surface area contributed by atoms with Crippen LogP contribution in [0.25, 0.3) is 0 Å². The summed E-state index contributed by atoms with van der Waals surface area (Å²) in [6.45, 7) is 22.4. The molecule has 4 nitrogen and oxygen atoms in total. The number of rotatable bonds is 11. The van der Waals surface area contributed by atoms with Gasteiger partial charge in [0.25, 0.3) is 0 Å². The summed E-state index contributed by atoms with van der Waals surface area (Å²) in [5.74, 6) is 1.18. The molecule has 0 radical (unpaired) electrons. The summed E-state index contributed by atoms with van der Waals surface area (Å²) < 4.78 is 0. The van der Waals surface area contributed by atoms with Gasteiger partial charge in [-0.2, -0.15) is 0 Å². The smallest absolute Gasteiger partial charge is 0.0841 e. The summed E-state index contributed by atoms with van der Waals surface area (Å²) in [4.78, 5) is 19.8. The van der Waals surface area contributed by atoms with Crippen LogP contribution < -0.4 is 0 Å². The first kappa shape index (κ1) is 35.6. The zero-order valence-electron chi connectivity index (χ0n) is 31.0. The van der Waals surface area contributed by atoms with Gasteiger partial charge in [0.05, 0.1) is 34.2 Å². The number of nitrogens with zero attached hydrogens (tertiary/aromatic N) is 4. The molecule has 0 atom stereocenters. The minimum atomic E-state index is 0.0380. The van der Waals surface area contributed by atoms with Gasteiger partial charge in [-0.3, -0.25) is 20.0 Å². The van der Waals surface area contributed by atoms with Gasteiger partial charge in [-0.05, 0) is 101 Å². The minimum absolute atomic E-state index is 0.0380. The molecule has 0 bridgehead atoms. The highest BCUT2D eigenvalue weighted by atomic mass is 14.8. The average molecular weight is 649 g/mol. The Morgan fingerprint density at radius 1 is 0.449 bits per heavy atom. The molecule has 0 aliphatic carbocycles. The third kappa shape index (κ3) is 8.13. The van der Waals surface area contributed by atoms with Crippen LogP contribution >= 0.6 is 0 Å². The molecule has 252 valence electrons. The molecule has 5 aromatic rings. The first-order valence-corrected chi connectivity index (χ1v) is 17.8. The molecule has 49 heavy (non-hydrogen) atoms. The Kier molecular flexibility index (Phi) is 11.4. The van der Waals surface area contributed by atoms with Crippen molar-refractivity contribution >= 4 is 22.8 Å². The Morgan fingerprint density at radius 2 is 0.796 bits per heavy atom. The van der Waals surface area contributed by atoms with Crippen molar-refractivity contribution in [2.75, 3.05) is 0 Å². The molecular weight excluding hydrogens is 597 g/mol. The van der Waals surface area contributed by atoms with Gasteiger partial charge in [-0.15, -0.1) is 0 Å². The maximum Gasteiger partial charge on any atom is 0.0841 e. The molecule has 0 spiro atoms. The molecule has 2 aromatic heterocycles. The Bertz CT molecular complexity index is 1740. The first-order valence-electron chi connectivity index (χ1n) is 17.8. The second kappa shape index (κ2) is 15.7. The van der Waals surface area contributed by atoms with Crippen LogP contribution in [-0.4, -0.2) is 21.4 Å². The highest BCUT2D eigenvalue weighted by Crippen LogP contribution is 2.44. The fourth-order valence-electron chi connectivity index (χ4n) is 6.59. The Balaban J connectivity index is 1.78. The minimum Gasteiger partial charge on any atom is -0.255 e. The summed E-state index contributed by atoms with van der Waals surface area (Å²) in [7, 11) is 0. The van der Waals surface area contributed by atoms with Gasteiger partial charge in [0, 0.05) is 18.3 Å². The number of pyridine rings is 2. The van der Waals surface area contributed by atoms with E-state index in [1.165, 1.54) is 38.9 Å². The third-order valence-corrected chi connectivity index (χ3v) is 9.30. The molecule has 0 N–H and O–H groups in total. The topological polar surface area (TPSA) is 50.5 Å². The second-order valence-corrected chi connectivity index (χ2v) is 14.4. The summed E-state index contributed by atoms with van der Waals surface area (Å²) in [5, 5.41) is 0. The summed E-state index contributed by atoms with van der Waals surface area (Å²) in [5.41, 5.74) is 14.7. The second-order valence-electron chi connectivity index (χ2n) is 14.4. The van der Waals surface area contributed by atoms with Gasteiger partial charge >= 0.3 is 0 Å². The van der Waals surface area contributed by atoms with E-state index in [2.05, 4.69) is 134 Å². The molecule has 0 saturated carbocycles. The summed E-state index contributed by atoms with van der Waals surface area (Å²) >= 11 is 0. The SMILES string of the molecule is CC(=Nc1c(C(C)C)cc(C(c2ccccc2)c2cc(C(C)C)c(N=C(C)c3ccccn3)c(C(C)C)c2)cc1C(C)C)c1ccccn1. The molecule has 0 fully saturated rings. The van der Waals surface area contributed by atoms with Gasteiger partial charge < -0.3 is 0 Å². The predicted molar refractivity (Wildman–Crippen MR) is 209 cm³/mol. The fourth-order valence-corrected chi connectivity index (χ4v) is 6.59. The molecule has 5 rings (SSSR count). The van der Waals surface area contributed by atoms with Gasteiger partial charge in [-0.1, -0.05) is 122 Å². The number of aromatic nitrogens is 2. The van der Waals surface area contributed by atoms with Crippen LogP contribution in [0, 0.1) is 0 Å². The predicted octanol–water partition coefficient (Wildman–Crippen LogP) is 12.4. The highest BCUT2D eigenvalue weighted by Gasteiger charge is 2.26. The summed E-state index contributed by atoms with van der Waals surface area (Å²) in [6.07, 6.45) is 3.67. The maximum absolute atomic E-state index is 5.29. The quantitative estimate of drug-likeness (QED) is 0.106. The lowest BCUT2D eigenvalue weighted by molar-refractivity contribution is 0.812. The lowest BCUT2D eigenvalue weighted by Gasteiger charge is -2.27. The van der Waals surface area contributed by atoms with E-state index < -0.39 is 0 Å². The van der Waals surface area contributed by atoms with Crippen LogP contribution in [0.5, 0.6) is 0 Å². The molecule has 0 saturated heterocycles. The van der Waals surface area contributed by atoms with E-state index in [-0.39, 0.29) is 29.6 Å². The first-order chi connectivity index (χ1) is 23.5. The van der Waals surface area contributed by atoms with Crippen LogP contribution in [0.2, 0.25) is 0 Å². The van der Waals surface area contributed by atoms with Gasteiger partial charge in [0.1, 0.15) is 0 Å². The van der Waals surface area contributed by atoms with Crippen LogP contribution in [0.15, 0.2) is 113 Å². The largest absolute Gasteiger partial charge is 0.255 e. The molecule has 2 heterocycles. The molecule has 0 amide bonds. The highest BCUT2D eigenvalue weighted by molar-refractivity contribution is 5.99. The number of aliphatic imine (C=N–C) groups is 2. The van der Waals surface area contributed by atoms with Crippen molar-refractivity contribution in [3.05, 3.63) is 154 Å². The third-order valence-electron chi connectivity index (χ3n) is 9.30. The number of benzene rings is 3. The molecule has 0 aliphatic heterocycles.